The average Bonchev–Trinajstić information content (AvgIpc) is 2.38. The molecule has 2 aromatic rings. The van der Waals surface area contributed by atoms with Gasteiger partial charge in [0.15, 0.2) is 0 Å². The minimum atomic E-state index is -4.36. The van der Waals surface area contributed by atoms with Gasteiger partial charge in [-0.05, 0) is 24.6 Å². The number of hydrogen-bond acceptors (Lipinski definition) is 3. The van der Waals surface area contributed by atoms with Gasteiger partial charge in [-0.25, -0.2) is 4.98 Å². The Morgan fingerprint density at radius 1 is 1.25 bits per heavy atom. The van der Waals surface area contributed by atoms with Crippen LogP contribution in [0.1, 0.15) is 24.1 Å². The Bertz CT molecular complexity index is 601. The normalized spacial score (nSPS) is 13.1. The van der Waals surface area contributed by atoms with E-state index in [0.29, 0.717) is 11.4 Å². The topological polar surface area (TPSA) is 37.8 Å². The van der Waals surface area contributed by atoms with Crippen molar-refractivity contribution in [2.75, 3.05) is 5.32 Å². The summed E-state index contributed by atoms with van der Waals surface area (Å²) >= 11 is 5.70. The van der Waals surface area contributed by atoms with Gasteiger partial charge in [0.25, 0.3) is 0 Å². The highest BCUT2D eigenvalue weighted by Crippen LogP contribution is 2.31. The van der Waals surface area contributed by atoms with Crippen LogP contribution in [0.4, 0.5) is 19.0 Å². The molecule has 0 fully saturated rings. The molecular weight excluding hydrogens is 291 g/mol. The maximum absolute atomic E-state index is 12.7. The number of nitrogens with zero attached hydrogens (tertiary/aromatic N) is 2. The van der Waals surface area contributed by atoms with E-state index in [1.807, 2.05) is 0 Å². The summed E-state index contributed by atoms with van der Waals surface area (Å²) in [6, 6.07) is 4.78. The van der Waals surface area contributed by atoms with Gasteiger partial charge in [-0.3, -0.25) is 4.98 Å². The highest BCUT2D eigenvalue weighted by molar-refractivity contribution is 6.29. The summed E-state index contributed by atoms with van der Waals surface area (Å²) in [5.74, 6) is 0.405. The Balaban J connectivity index is 2.19. The quantitative estimate of drug-likeness (QED) is 0.917. The predicted octanol–water partition coefficient (Wildman–Crippen LogP) is 4.32. The van der Waals surface area contributed by atoms with E-state index < -0.39 is 11.7 Å². The molecule has 0 radical (unpaired) electrons. The molecule has 2 rings (SSSR count). The van der Waals surface area contributed by atoms with Gasteiger partial charge in [0.2, 0.25) is 0 Å². The van der Waals surface area contributed by atoms with Gasteiger partial charge in [0.1, 0.15) is 11.0 Å². The van der Waals surface area contributed by atoms with Crippen LogP contribution in [0.25, 0.3) is 0 Å². The zero-order valence-electron chi connectivity index (χ0n) is 10.4. The van der Waals surface area contributed by atoms with Crippen LogP contribution in [-0.2, 0) is 6.18 Å². The highest BCUT2D eigenvalue weighted by Gasteiger charge is 2.30. The van der Waals surface area contributed by atoms with Crippen LogP contribution in [0.3, 0.4) is 0 Å². The number of rotatable bonds is 3. The molecule has 106 valence electrons. The second-order valence-electron chi connectivity index (χ2n) is 4.22. The molecule has 1 aromatic heterocycles. The second kappa shape index (κ2) is 5.66. The Hall–Kier alpha value is -1.82. The molecule has 0 saturated heterocycles. The Labute approximate surface area is 118 Å². The lowest BCUT2D eigenvalue weighted by molar-refractivity contribution is -0.137. The molecule has 7 heteroatoms. The maximum Gasteiger partial charge on any atom is 0.416 e. The van der Waals surface area contributed by atoms with Crippen molar-refractivity contribution in [3.05, 3.63) is 52.9 Å². The zero-order chi connectivity index (χ0) is 14.8. The molecule has 1 aromatic carbocycles. The lowest BCUT2D eigenvalue weighted by Crippen LogP contribution is -2.11. The lowest BCUT2D eigenvalue weighted by Gasteiger charge is -2.16. The van der Waals surface area contributed by atoms with Crippen molar-refractivity contribution < 1.29 is 13.2 Å². The first kappa shape index (κ1) is 14.6. The molecule has 1 N–H and O–H groups in total. The largest absolute Gasteiger partial charge is 0.416 e. The number of nitrogens with one attached hydrogen (secondary N) is 1. The van der Waals surface area contributed by atoms with Gasteiger partial charge >= 0.3 is 6.18 Å². The minimum absolute atomic E-state index is 0.214. The van der Waals surface area contributed by atoms with E-state index in [0.717, 1.165) is 12.1 Å². The molecule has 0 bridgehead atoms. The minimum Gasteiger partial charge on any atom is -0.362 e. The molecule has 20 heavy (non-hydrogen) atoms. The average molecular weight is 302 g/mol. The molecule has 0 saturated carbocycles. The molecule has 0 aliphatic rings. The summed E-state index contributed by atoms with van der Waals surface area (Å²) in [5.41, 5.74) is -0.178. The van der Waals surface area contributed by atoms with Crippen LogP contribution in [-0.4, -0.2) is 9.97 Å². The van der Waals surface area contributed by atoms with Gasteiger partial charge in [0, 0.05) is 0 Å². The maximum atomic E-state index is 12.7. The van der Waals surface area contributed by atoms with Crippen molar-refractivity contribution in [1.82, 2.24) is 9.97 Å². The molecule has 0 spiro atoms. The van der Waals surface area contributed by atoms with E-state index in [4.69, 9.17) is 11.6 Å². The van der Waals surface area contributed by atoms with Gasteiger partial charge in [-0.15, -0.1) is 0 Å². The fraction of sp³-hybridized carbons (Fsp3) is 0.231. The molecule has 1 heterocycles. The van der Waals surface area contributed by atoms with Gasteiger partial charge in [0.05, 0.1) is 24.0 Å². The van der Waals surface area contributed by atoms with E-state index in [-0.39, 0.29) is 11.2 Å². The first-order chi connectivity index (χ1) is 9.36. The molecule has 0 aliphatic heterocycles. The summed E-state index contributed by atoms with van der Waals surface area (Å²) in [5, 5.41) is 3.17. The molecule has 1 atom stereocenters. The standard InChI is InChI=1S/C13H11ClF3N3/c1-8(19-12-7-18-6-11(14)20-12)9-3-2-4-10(5-9)13(15,16)17/h2-8H,1H3,(H,19,20)/t8-/m0/s1. The number of benzene rings is 1. The third-order valence-corrected chi connectivity index (χ3v) is 2.87. The summed E-state index contributed by atoms with van der Waals surface area (Å²) < 4.78 is 38.0. The molecule has 0 aliphatic carbocycles. The van der Waals surface area contributed by atoms with Gasteiger partial charge in [-0.1, -0.05) is 23.7 Å². The van der Waals surface area contributed by atoms with Crippen molar-refractivity contribution in [1.29, 1.82) is 0 Å². The van der Waals surface area contributed by atoms with Crippen LogP contribution in [0.2, 0.25) is 5.15 Å². The Kier molecular flexibility index (Phi) is 4.13. The van der Waals surface area contributed by atoms with E-state index in [9.17, 15) is 13.2 Å². The Morgan fingerprint density at radius 2 is 2.00 bits per heavy atom. The van der Waals surface area contributed by atoms with Crippen molar-refractivity contribution in [2.24, 2.45) is 0 Å². The summed E-state index contributed by atoms with van der Waals surface area (Å²) in [6.45, 7) is 1.73. The van der Waals surface area contributed by atoms with Crippen molar-refractivity contribution >= 4 is 17.4 Å². The monoisotopic (exact) mass is 301 g/mol. The van der Waals surface area contributed by atoms with E-state index in [2.05, 4.69) is 15.3 Å². The van der Waals surface area contributed by atoms with Crippen LogP contribution >= 0.6 is 11.6 Å². The smallest absolute Gasteiger partial charge is 0.362 e. The van der Waals surface area contributed by atoms with E-state index >= 15 is 0 Å². The number of hydrogen-bond donors (Lipinski definition) is 1. The van der Waals surface area contributed by atoms with Gasteiger partial charge in [-0.2, -0.15) is 13.2 Å². The fourth-order valence-corrected chi connectivity index (χ4v) is 1.85. The number of halogens is 4. The van der Waals surface area contributed by atoms with E-state index in [1.165, 1.54) is 18.5 Å². The van der Waals surface area contributed by atoms with Crippen molar-refractivity contribution in [3.63, 3.8) is 0 Å². The molecule has 3 nitrogen and oxygen atoms in total. The van der Waals surface area contributed by atoms with Gasteiger partial charge < -0.3 is 5.32 Å². The van der Waals surface area contributed by atoms with Crippen LogP contribution in [0.15, 0.2) is 36.7 Å². The first-order valence-corrected chi connectivity index (χ1v) is 6.15. The first-order valence-electron chi connectivity index (χ1n) is 5.77. The summed E-state index contributed by atoms with van der Waals surface area (Å²) in [4.78, 5) is 7.83. The van der Waals surface area contributed by atoms with E-state index in [1.54, 1.807) is 13.0 Å². The third kappa shape index (κ3) is 3.60. The SMILES string of the molecule is C[C@H](Nc1cncc(Cl)n1)c1cccc(C(F)(F)F)c1. The number of anilines is 1. The van der Waals surface area contributed by atoms with Crippen LogP contribution in [0, 0.1) is 0 Å². The predicted molar refractivity (Wildman–Crippen MR) is 70.5 cm³/mol. The second-order valence-corrected chi connectivity index (χ2v) is 4.60. The molecule has 0 unspecified atom stereocenters. The van der Waals surface area contributed by atoms with Crippen molar-refractivity contribution in [3.8, 4) is 0 Å². The zero-order valence-corrected chi connectivity index (χ0v) is 11.2. The van der Waals surface area contributed by atoms with Crippen molar-refractivity contribution in [2.45, 2.75) is 19.1 Å². The summed E-state index contributed by atoms with van der Waals surface area (Å²) in [7, 11) is 0. The number of alkyl halides is 3. The third-order valence-electron chi connectivity index (χ3n) is 2.68. The highest BCUT2D eigenvalue weighted by atomic mass is 35.5. The summed E-state index contributed by atoms with van der Waals surface area (Å²) in [6.07, 6.45) is -1.52. The van der Waals surface area contributed by atoms with Crippen LogP contribution < -0.4 is 5.32 Å². The number of aromatic nitrogens is 2. The lowest BCUT2D eigenvalue weighted by atomic mass is 10.0. The molecular formula is C13H11ClF3N3. The Morgan fingerprint density at radius 3 is 2.65 bits per heavy atom. The van der Waals surface area contributed by atoms with Crippen LogP contribution in [0.5, 0.6) is 0 Å². The molecule has 0 amide bonds. The fourth-order valence-electron chi connectivity index (χ4n) is 1.70.